The summed E-state index contributed by atoms with van der Waals surface area (Å²) < 4.78 is 0. The highest BCUT2D eigenvalue weighted by atomic mass is 16.1. The van der Waals surface area contributed by atoms with Crippen molar-refractivity contribution in [3.05, 3.63) is 0 Å². The molecule has 0 radical (unpaired) electrons. The number of likely N-dealkylation sites (N-methyl/N-ethyl adjacent to an activating group) is 1. The summed E-state index contributed by atoms with van der Waals surface area (Å²) in [5.74, 6) is 0. The predicted octanol–water partition coefficient (Wildman–Crippen LogP) is -1.02. The van der Waals surface area contributed by atoms with Gasteiger partial charge in [0.15, 0.2) is 0 Å². The minimum Gasteiger partial charge on any atom is -0.347 e. The van der Waals surface area contributed by atoms with Gasteiger partial charge in [-0.15, -0.1) is 0 Å². The van der Waals surface area contributed by atoms with Gasteiger partial charge in [0, 0.05) is 46.3 Å². The van der Waals surface area contributed by atoms with Crippen LogP contribution in [0.4, 0.5) is 0 Å². The maximum Gasteiger partial charge on any atom is 0.209 e. The molecule has 4 heteroatoms. The summed E-state index contributed by atoms with van der Waals surface area (Å²) in [5.41, 5.74) is 0. The summed E-state index contributed by atoms with van der Waals surface area (Å²) in [6.07, 6.45) is 0.877. The smallest absolute Gasteiger partial charge is 0.209 e. The highest BCUT2D eigenvalue weighted by molar-refractivity contribution is 5.46. The van der Waals surface area contributed by atoms with Crippen LogP contribution in [-0.4, -0.2) is 62.5 Å². The molecular weight excluding hydrogens is 154 g/mol. The van der Waals surface area contributed by atoms with Crippen LogP contribution in [0.3, 0.4) is 0 Å². The van der Waals surface area contributed by atoms with Crippen LogP contribution in [0.25, 0.3) is 0 Å². The van der Waals surface area contributed by atoms with E-state index >= 15 is 0 Å². The molecule has 0 aromatic rings. The second kappa shape index (κ2) is 5.11. The van der Waals surface area contributed by atoms with Gasteiger partial charge in [-0.1, -0.05) is 0 Å². The molecule has 0 saturated carbocycles. The van der Waals surface area contributed by atoms with Crippen LogP contribution in [0.15, 0.2) is 0 Å². The first-order valence-corrected chi connectivity index (χ1v) is 4.41. The topological polar surface area (TPSA) is 35.6 Å². The first-order valence-electron chi connectivity index (χ1n) is 4.41. The largest absolute Gasteiger partial charge is 0.347 e. The van der Waals surface area contributed by atoms with Crippen molar-refractivity contribution in [1.82, 2.24) is 15.1 Å². The number of hydrogen-bond acceptors (Lipinski definition) is 3. The van der Waals surface area contributed by atoms with Crippen LogP contribution >= 0.6 is 0 Å². The third-order valence-corrected chi connectivity index (χ3v) is 2.16. The zero-order valence-corrected chi connectivity index (χ0v) is 7.62. The highest BCUT2D eigenvalue weighted by Crippen LogP contribution is 1.91. The normalized spacial score (nSPS) is 19.1. The third-order valence-electron chi connectivity index (χ3n) is 2.16. The summed E-state index contributed by atoms with van der Waals surface area (Å²) in [7, 11) is 1.81. The van der Waals surface area contributed by atoms with Gasteiger partial charge in [-0.05, 0) is 0 Å². The molecule has 1 aliphatic rings. The number of amides is 1. The van der Waals surface area contributed by atoms with E-state index in [2.05, 4.69) is 10.2 Å². The number of hydrogen-bond donors (Lipinski definition) is 1. The van der Waals surface area contributed by atoms with Crippen molar-refractivity contribution >= 4 is 6.41 Å². The average Bonchev–Trinajstić information content (AvgIpc) is 2.16. The summed E-state index contributed by atoms with van der Waals surface area (Å²) >= 11 is 0. The number of carbonyl (C=O) groups excluding carboxylic acids is 1. The molecule has 1 amide bonds. The Labute approximate surface area is 73.5 Å². The van der Waals surface area contributed by atoms with Gasteiger partial charge in [-0.3, -0.25) is 9.69 Å². The average molecular weight is 171 g/mol. The van der Waals surface area contributed by atoms with E-state index in [-0.39, 0.29) is 0 Å². The van der Waals surface area contributed by atoms with Crippen molar-refractivity contribution < 1.29 is 4.79 Å². The SMILES string of the molecule is CN(C=O)CCN1CCNCC1. The quantitative estimate of drug-likeness (QED) is 0.550. The summed E-state index contributed by atoms with van der Waals surface area (Å²) in [6.45, 7) is 6.19. The van der Waals surface area contributed by atoms with Gasteiger partial charge in [0.25, 0.3) is 0 Å². The predicted molar refractivity (Wildman–Crippen MR) is 48.0 cm³/mol. The Bertz CT molecular complexity index is 134. The molecule has 0 unspecified atom stereocenters. The van der Waals surface area contributed by atoms with Crippen molar-refractivity contribution in [3.63, 3.8) is 0 Å². The van der Waals surface area contributed by atoms with E-state index in [0.717, 1.165) is 45.7 Å². The second-order valence-corrected chi connectivity index (χ2v) is 3.18. The lowest BCUT2D eigenvalue weighted by atomic mass is 10.3. The Morgan fingerprint density at radius 3 is 2.75 bits per heavy atom. The first kappa shape index (κ1) is 9.48. The molecule has 0 spiro atoms. The van der Waals surface area contributed by atoms with E-state index in [0.29, 0.717) is 0 Å². The summed E-state index contributed by atoms with van der Waals surface area (Å²) in [5, 5.41) is 3.29. The Kier molecular flexibility index (Phi) is 4.04. The molecule has 1 fully saturated rings. The van der Waals surface area contributed by atoms with Crippen LogP contribution in [-0.2, 0) is 4.79 Å². The first-order chi connectivity index (χ1) is 5.83. The van der Waals surface area contributed by atoms with Crippen LogP contribution in [0.5, 0.6) is 0 Å². The molecule has 0 aromatic heterocycles. The lowest BCUT2D eigenvalue weighted by molar-refractivity contribution is -0.117. The van der Waals surface area contributed by atoms with Crippen molar-refractivity contribution in [2.75, 3.05) is 46.3 Å². The van der Waals surface area contributed by atoms with Gasteiger partial charge in [-0.2, -0.15) is 0 Å². The van der Waals surface area contributed by atoms with E-state index in [4.69, 9.17) is 0 Å². The van der Waals surface area contributed by atoms with Crippen LogP contribution in [0.1, 0.15) is 0 Å². The molecule has 4 nitrogen and oxygen atoms in total. The lowest BCUT2D eigenvalue weighted by Crippen LogP contribution is -2.45. The van der Waals surface area contributed by atoms with E-state index in [1.54, 1.807) is 4.90 Å². The monoisotopic (exact) mass is 171 g/mol. The molecule has 0 aliphatic carbocycles. The Morgan fingerprint density at radius 1 is 1.50 bits per heavy atom. The van der Waals surface area contributed by atoms with Crippen LogP contribution < -0.4 is 5.32 Å². The molecule has 12 heavy (non-hydrogen) atoms. The molecule has 70 valence electrons. The molecule has 1 aliphatic heterocycles. The Hall–Kier alpha value is -0.610. The number of rotatable bonds is 4. The fourth-order valence-electron chi connectivity index (χ4n) is 1.29. The van der Waals surface area contributed by atoms with Gasteiger partial charge in [0.05, 0.1) is 0 Å². The summed E-state index contributed by atoms with van der Waals surface area (Å²) in [6, 6.07) is 0. The summed E-state index contributed by atoms with van der Waals surface area (Å²) in [4.78, 5) is 14.3. The van der Waals surface area contributed by atoms with Gasteiger partial charge in [-0.25, -0.2) is 0 Å². The molecule has 0 atom stereocenters. The van der Waals surface area contributed by atoms with Crippen molar-refractivity contribution in [3.8, 4) is 0 Å². The van der Waals surface area contributed by atoms with E-state index in [1.165, 1.54) is 0 Å². The van der Waals surface area contributed by atoms with E-state index in [1.807, 2.05) is 7.05 Å². The number of nitrogens with zero attached hydrogens (tertiary/aromatic N) is 2. The molecular formula is C8H17N3O. The molecule has 1 saturated heterocycles. The lowest BCUT2D eigenvalue weighted by Gasteiger charge is -2.28. The molecule has 0 bridgehead atoms. The van der Waals surface area contributed by atoms with Gasteiger partial charge >= 0.3 is 0 Å². The standard InChI is InChI=1S/C8H17N3O/c1-10(8-12)6-7-11-4-2-9-3-5-11/h8-9H,2-7H2,1H3. The molecule has 1 rings (SSSR count). The van der Waals surface area contributed by atoms with Crippen molar-refractivity contribution in [1.29, 1.82) is 0 Å². The van der Waals surface area contributed by atoms with Gasteiger partial charge in [0.2, 0.25) is 6.41 Å². The molecule has 1 N–H and O–H groups in total. The number of carbonyl (C=O) groups is 1. The third kappa shape index (κ3) is 3.19. The molecule has 1 heterocycles. The van der Waals surface area contributed by atoms with E-state index in [9.17, 15) is 4.79 Å². The maximum absolute atomic E-state index is 10.3. The highest BCUT2D eigenvalue weighted by Gasteiger charge is 2.08. The van der Waals surface area contributed by atoms with Crippen molar-refractivity contribution in [2.45, 2.75) is 0 Å². The fraction of sp³-hybridized carbons (Fsp3) is 0.875. The van der Waals surface area contributed by atoms with Gasteiger partial charge < -0.3 is 10.2 Å². The minimum atomic E-state index is 0.837. The second-order valence-electron chi connectivity index (χ2n) is 3.18. The van der Waals surface area contributed by atoms with Crippen LogP contribution in [0, 0.1) is 0 Å². The van der Waals surface area contributed by atoms with E-state index < -0.39 is 0 Å². The minimum absolute atomic E-state index is 0.837. The Balaban J connectivity index is 2.08. The van der Waals surface area contributed by atoms with Gasteiger partial charge in [0.1, 0.15) is 0 Å². The maximum atomic E-state index is 10.3. The zero-order valence-electron chi connectivity index (χ0n) is 7.62. The Morgan fingerprint density at radius 2 is 2.17 bits per heavy atom. The fourth-order valence-corrected chi connectivity index (χ4v) is 1.29. The number of piperazine rings is 1. The van der Waals surface area contributed by atoms with Crippen molar-refractivity contribution in [2.24, 2.45) is 0 Å². The molecule has 0 aromatic carbocycles. The van der Waals surface area contributed by atoms with Crippen LogP contribution in [0.2, 0.25) is 0 Å². The zero-order chi connectivity index (χ0) is 8.81. The number of nitrogens with one attached hydrogen (secondary N) is 1.